The zero-order valence-corrected chi connectivity index (χ0v) is 21.4. The number of allylic oxidation sites excluding steroid dienone is 1. The van der Waals surface area contributed by atoms with E-state index in [1.54, 1.807) is 6.20 Å². The van der Waals surface area contributed by atoms with Crippen molar-refractivity contribution >= 4 is 39.1 Å². The van der Waals surface area contributed by atoms with Gasteiger partial charge in [-0.3, -0.25) is 0 Å². The van der Waals surface area contributed by atoms with Crippen LogP contribution in [0.4, 0.5) is 11.4 Å². The van der Waals surface area contributed by atoms with E-state index in [1.807, 2.05) is 6.07 Å². The predicted molar refractivity (Wildman–Crippen MR) is 156 cm³/mol. The van der Waals surface area contributed by atoms with Gasteiger partial charge in [0.05, 0.1) is 11.4 Å². The van der Waals surface area contributed by atoms with E-state index in [1.165, 1.54) is 16.8 Å². The van der Waals surface area contributed by atoms with Gasteiger partial charge in [0, 0.05) is 28.4 Å². The van der Waals surface area contributed by atoms with Crippen LogP contribution in [0.3, 0.4) is 0 Å². The Bertz CT molecular complexity index is 1790. The van der Waals surface area contributed by atoms with Gasteiger partial charge in [-0.15, -0.1) is 0 Å². The highest BCUT2D eigenvalue weighted by molar-refractivity contribution is 6.09. The third-order valence-corrected chi connectivity index (χ3v) is 7.45. The summed E-state index contributed by atoms with van der Waals surface area (Å²) in [6.45, 7) is 4.39. The summed E-state index contributed by atoms with van der Waals surface area (Å²) in [6.07, 6.45) is 1.68. The monoisotopic (exact) mass is 493 g/mol. The molecule has 0 radical (unpaired) electrons. The van der Waals surface area contributed by atoms with Crippen LogP contribution in [0, 0.1) is 6.92 Å². The molecule has 0 saturated heterocycles. The minimum Gasteiger partial charge on any atom is -0.435 e. The minimum atomic E-state index is -0.112. The van der Waals surface area contributed by atoms with Gasteiger partial charge in [0.2, 0.25) is 5.71 Å². The van der Waals surface area contributed by atoms with Crippen molar-refractivity contribution in [1.82, 2.24) is 4.98 Å². The predicted octanol–water partition coefficient (Wildman–Crippen LogP) is 8.70. The summed E-state index contributed by atoms with van der Waals surface area (Å²) in [5, 5.41) is 2.11. The quantitative estimate of drug-likeness (QED) is 0.246. The molecule has 6 aromatic rings. The fourth-order valence-electron chi connectivity index (χ4n) is 5.78. The Labute approximate surface area is 222 Å². The molecule has 1 unspecified atom stereocenters. The second-order valence-corrected chi connectivity index (χ2v) is 9.73. The highest BCUT2D eigenvalue weighted by Gasteiger charge is 2.41. The Hall–Kier alpha value is -4.83. The van der Waals surface area contributed by atoms with Gasteiger partial charge >= 0.3 is 0 Å². The fourth-order valence-corrected chi connectivity index (χ4v) is 5.78. The number of anilines is 2. The van der Waals surface area contributed by atoms with E-state index in [2.05, 4.69) is 138 Å². The Kier molecular flexibility index (Phi) is 5.26. The average molecular weight is 494 g/mol. The molecule has 1 aliphatic heterocycles. The van der Waals surface area contributed by atoms with Gasteiger partial charge in [-0.1, -0.05) is 91.0 Å². The molecule has 0 aliphatic carbocycles. The smallest absolute Gasteiger partial charge is 0.227 e. The molecule has 0 bridgehead atoms. The second kappa shape index (κ2) is 8.93. The van der Waals surface area contributed by atoms with Crippen molar-refractivity contribution in [3.8, 4) is 0 Å². The number of aromatic nitrogens is 1. The summed E-state index contributed by atoms with van der Waals surface area (Å²) in [4.78, 5) is 9.44. The molecule has 0 fully saturated rings. The van der Waals surface area contributed by atoms with E-state index < -0.39 is 0 Å². The Morgan fingerprint density at radius 1 is 0.658 bits per heavy atom. The van der Waals surface area contributed by atoms with E-state index in [0.717, 1.165) is 39.0 Å². The molecule has 0 spiro atoms. The van der Waals surface area contributed by atoms with Crippen molar-refractivity contribution in [1.29, 1.82) is 0 Å². The van der Waals surface area contributed by atoms with Gasteiger partial charge < -0.3 is 14.2 Å². The van der Waals surface area contributed by atoms with Crippen molar-refractivity contribution in [3.63, 3.8) is 0 Å². The number of para-hydroxylation sites is 1. The molecular weight excluding hydrogens is 466 g/mol. The SMILES string of the molecule is CC1=C(c2ccccc2)N(c2ccccc2)C(c2ccccc2)N1c1c(C)ccc2c1oc1ncccc12. The lowest BCUT2D eigenvalue weighted by atomic mass is 10.1. The van der Waals surface area contributed by atoms with Crippen LogP contribution in [0.5, 0.6) is 0 Å². The summed E-state index contributed by atoms with van der Waals surface area (Å²) in [7, 11) is 0. The first-order valence-electron chi connectivity index (χ1n) is 12.9. The topological polar surface area (TPSA) is 32.5 Å². The molecule has 4 nitrogen and oxygen atoms in total. The lowest BCUT2D eigenvalue weighted by molar-refractivity contribution is 0.646. The maximum atomic E-state index is 6.50. The van der Waals surface area contributed by atoms with Crippen LogP contribution in [0.25, 0.3) is 27.8 Å². The third kappa shape index (κ3) is 3.41. The van der Waals surface area contributed by atoms with Gasteiger partial charge in [-0.2, -0.15) is 0 Å². The molecule has 4 heteroatoms. The molecule has 1 aliphatic rings. The summed E-state index contributed by atoms with van der Waals surface area (Å²) in [6, 6.07) is 40.5. The molecule has 7 rings (SSSR count). The summed E-state index contributed by atoms with van der Waals surface area (Å²) < 4.78 is 6.50. The molecule has 1 atom stereocenters. The number of benzene rings is 4. The van der Waals surface area contributed by atoms with Crippen LogP contribution >= 0.6 is 0 Å². The highest BCUT2D eigenvalue weighted by atomic mass is 16.3. The van der Waals surface area contributed by atoms with Crippen molar-refractivity contribution in [3.05, 3.63) is 144 Å². The van der Waals surface area contributed by atoms with Crippen LogP contribution in [0.1, 0.15) is 29.8 Å². The van der Waals surface area contributed by atoms with E-state index >= 15 is 0 Å². The van der Waals surface area contributed by atoms with Crippen LogP contribution in [0.2, 0.25) is 0 Å². The van der Waals surface area contributed by atoms with Gasteiger partial charge in [-0.05, 0) is 54.8 Å². The van der Waals surface area contributed by atoms with Crippen LogP contribution in [0.15, 0.2) is 132 Å². The lowest BCUT2D eigenvalue weighted by Crippen LogP contribution is -2.33. The number of hydrogen-bond donors (Lipinski definition) is 0. The number of hydrogen-bond acceptors (Lipinski definition) is 4. The first-order chi connectivity index (χ1) is 18.7. The van der Waals surface area contributed by atoms with E-state index in [0.29, 0.717) is 5.71 Å². The molecule has 0 N–H and O–H groups in total. The first kappa shape index (κ1) is 22.4. The maximum Gasteiger partial charge on any atom is 0.227 e. The largest absolute Gasteiger partial charge is 0.435 e. The second-order valence-electron chi connectivity index (χ2n) is 9.73. The van der Waals surface area contributed by atoms with Gasteiger partial charge in [-0.25, -0.2) is 4.98 Å². The molecular formula is C34H27N3O. The fraction of sp³-hybridized carbons (Fsp3) is 0.0882. The van der Waals surface area contributed by atoms with E-state index in [9.17, 15) is 0 Å². The van der Waals surface area contributed by atoms with Crippen LogP contribution in [-0.4, -0.2) is 4.98 Å². The Balaban J connectivity index is 1.57. The number of aryl methyl sites for hydroxylation is 1. The molecule has 0 amide bonds. The normalized spacial score (nSPS) is 15.7. The average Bonchev–Trinajstić information content (AvgIpc) is 3.49. The zero-order valence-electron chi connectivity index (χ0n) is 21.4. The summed E-state index contributed by atoms with van der Waals surface area (Å²) in [5.41, 5.74) is 9.60. The standard InChI is InChI=1S/C34H27N3O/c1-23-20-21-28-29-19-12-22-35-33(29)38-32(28)30(23)36-24(2)31(25-13-6-3-7-14-25)37(27-17-10-5-11-18-27)34(36)26-15-8-4-9-16-26/h3-22,34H,1-2H3. The number of pyridine rings is 1. The van der Waals surface area contributed by atoms with Crippen molar-refractivity contribution in [2.75, 3.05) is 9.80 Å². The van der Waals surface area contributed by atoms with Crippen LogP contribution in [-0.2, 0) is 0 Å². The van der Waals surface area contributed by atoms with Gasteiger partial charge in [0.1, 0.15) is 6.17 Å². The Morgan fingerprint density at radius 2 is 1.34 bits per heavy atom. The number of furan rings is 1. The molecule has 2 aromatic heterocycles. The molecule has 184 valence electrons. The summed E-state index contributed by atoms with van der Waals surface area (Å²) >= 11 is 0. The first-order valence-corrected chi connectivity index (χ1v) is 12.9. The third-order valence-electron chi connectivity index (χ3n) is 7.45. The number of fused-ring (bicyclic) bond motifs is 3. The molecule has 3 heterocycles. The summed E-state index contributed by atoms with van der Waals surface area (Å²) in [5.74, 6) is 0. The van der Waals surface area contributed by atoms with E-state index in [-0.39, 0.29) is 6.17 Å². The van der Waals surface area contributed by atoms with Gasteiger partial charge in [0.15, 0.2) is 5.58 Å². The lowest BCUT2D eigenvalue weighted by Gasteiger charge is -2.36. The minimum absolute atomic E-state index is 0.112. The molecule has 38 heavy (non-hydrogen) atoms. The van der Waals surface area contributed by atoms with Gasteiger partial charge in [0.25, 0.3) is 0 Å². The van der Waals surface area contributed by atoms with Crippen molar-refractivity contribution < 1.29 is 4.42 Å². The zero-order chi connectivity index (χ0) is 25.6. The van der Waals surface area contributed by atoms with Crippen LogP contribution < -0.4 is 9.80 Å². The number of nitrogens with zero attached hydrogens (tertiary/aromatic N) is 3. The van der Waals surface area contributed by atoms with E-state index in [4.69, 9.17) is 4.42 Å². The van der Waals surface area contributed by atoms with Crippen molar-refractivity contribution in [2.45, 2.75) is 20.0 Å². The van der Waals surface area contributed by atoms with Crippen molar-refractivity contribution in [2.24, 2.45) is 0 Å². The maximum absolute atomic E-state index is 6.50. The Morgan fingerprint density at radius 3 is 2.08 bits per heavy atom. The highest BCUT2D eigenvalue weighted by Crippen LogP contribution is 2.51. The molecule has 4 aromatic carbocycles. The number of rotatable bonds is 4. The molecule has 0 saturated carbocycles.